The lowest BCUT2D eigenvalue weighted by Gasteiger charge is -2.40. The van der Waals surface area contributed by atoms with Gasteiger partial charge in [0, 0.05) is 25.0 Å². The molecule has 1 rings (SSSR count). The summed E-state index contributed by atoms with van der Waals surface area (Å²) in [5.41, 5.74) is -0.323. The van der Waals surface area contributed by atoms with Crippen molar-refractivity contribution in [3.05, 3.63) is 0 Å². The van der Waals surface area contributed by atoms with Crippen LogP contribution in [-0.2, 0) is 4.79 Å². The third kappa shape index (κ3) is 2.92. The summed E-state index contributed by atoms with van der Waals surface area (Å²) in [6.07, 6.45) is 0. The minimum Gasteiger partial charge on any atom is -0.395 e. The van der Waals surface area contributed by atoms with E-state index in [4.69, 9.17) is 0 Å². The molecule has 0 spiro atoms. The van der Waals surface area contributed by atoms with E-state index in [1.165, 1.54) is 0 Å². The first kappa shape index (κ1) is 12.5. The molecule has 1 aliphatic heterocycles. The fourth-order valence-corrected chi connectivity index (χ4v) is 1.80. The molecule has 1 amide bonds. The predicted octanol–water partition coefficient (Wildman–Crippen LogP) is 0.167. The standard InChI is InChI=1S/C11H22N2O2/c1-11(2,3)10(15)13-6-5-12(4)9(7-13)8-14/h9,14H,5-8H2,1-4H3. The number of rotatable bonds is 1. The monoisotopic (exact) mass is 214 g/mol. The molecule has 88 valence electrons. The second-order valence-electron chi connectivity index (χ2n) is 5.32. The zero-order valence-corrected chi connectivity index (χ0v) is 10.2. The minimum absolute atomic E-state index is 0.0880. The van der Waals surface area contributed by atoms with E-state index in [2.05, 4.69) is 4.90 Å². The van der Waals surface area contributed by atoms with E-state index in [9.17, 15) is 9.90 Å². The molecule has 1 heterocycles. The zero-order chi connectivity index (χ0) is 11.6. The van der Waals surface area contributed by atoms with E-state index >= 15 is 0 Å². The van der Waals surface area contributed by atoms with Crippen LogP contribution in [0.3, 0.4) is 0 Å². The van der Waals surface area contributed by atoms with E-state index in [1.54, 1.807) is 0 Å². The van der Waals surface area contributed by atoms with Crippen LogP contribution in [0.15, 0.2) is 0 Å². The third-order valence-electron chi connectivity index (χ3n) is 2.92. The Labute approximate surface area is 91.9 Å². The largest absolute Gasteiger partial charge is 0.395 e. The molecule has 0 aromatic carbocycles. The van der Waals surface area contributed by atoms with Gasteiger partial charge < -0.3 is 10.0 Å². The average Bonchev–Trinajstić information content (AvgIpc) is 2.16. The first-order valence-corrected chi connectivity index (χ1v) is 5.46. The number of amides is 1. The van der Waals surface area contributed by atoms with Gasteiger partial charge in [-0.3, -0.25) is 9.69 Å². The highest BCUT2D eigenvalue weighted by Gasteiger charge is 2.32. The van der Waals surface area contributed by atoms with Crippen molar-refractivity contribution in [2.45, 2.75) is 26.8 Å². The van der Waals surface area contributed by atoms with Crippen LogP contribution in [0.5, 0.6) is 0 Å². The van der Waals surface area contributed by atoms with Crippen LogP contribution >= 0.6 is 0 Å². The molecular weight excluding hydrogens is 192 g/mol. The van der Waals surface area contributed by atoms with Gasteiger partial charge in [-0.25, -0.2) is 0 Å². The number of carbonyl (C=O) groups excluding carboxylic acids is 1. The van der Waals surface area contributed by atoms with Gasteiger partial charge in [0.1, 0.15) is 0 Å². The molecular formula is C11H22N2O2. The van der Waals surface area contributed by atoms with Gasteiger partial charge in [0.2, 0.25) is 5.91 Å². The van der Waals surface area contributed by atoms with Crippen LogP contribution in [0, 0.1) is 5.41 Å². The SMILES string of the molecule is CN1CCN(C(=O)C(C)(C)C)CC1CO. The summed E-state index contributed by atoms with van der Waals surface area (Å²) >= 11 is 0. The summed E-state index contributed by atoms with van der Waals surface area (Å²) in [4.78, 5) is 16.0. The summed E-state index contributed by atoms with van der Waals surface area (Å²) in [7, 11) is 1.99. The molecule has 0 aromatic rings. The maximum atomic E-state index is 12.0. The van der Waals surface area contributed by atoms with Gasteiger partial charge in [-0.15, -0.1) is 0 Å². The summed E-state index contributed by atoms with van der Waals surface area (Å²) in [5.74, 6) is 0.175. The van der Waals surface area contributed by atoms with Gasteiger partial charge >= 0.3 is 0 Å². The lowest BCUT2D eigenvalue weighted by Crippen LogP contribution is -2.56. The molecule has 1 atom stereocenters. The van der Waals surface area contributed by atoms with Crippen molar-refractivity contribution >= 4 is 5.91 Å². The predicted molar refractivity (Wildman–Crippen MR) is 59.5 cm³/mol. The minimum atomic E-state index is -0.323. The number of aliphatic hydroxyl groups is 1. The fourth-order valence-electron chi connectivity index (χ4n) is 1.80. The van der Waals surface area contributed by atoms with E-state index in [1.807, 2.05) is 32.7 Å². The zero-order valence-electron chi connectivity index (χ0n) is 10.2. The van der Waals surface area contributed by atoms with Crippen LogP contribution in [0.1, 0.15) is 20.8 Å². The molecule has 15 heavy (non-hydrogen) atoms. The summed E-state index contributed by atoms with van der Waals surface area (Å²) in [6.45, 7) is 8.16. The highest BCUT2D eigenvalue weighted by Crippen LogP contribution is 2.19. The number of piperazine rings is 1. The molecule has 1 unspecified atom stereocenters. The van der Waals surface area contributed by atoms with Gasteiger partial charge in [0.15, 0.2) is 0 Å². The Kier molecular flexibility index (Phi) is 3.73. The Morgan fingerprint density at radius 2 is 2.00 bits per heavy atom. The molecule has 1 saturated heterocycles. The van der Waals surface area contributed by atoms with Crippen molar-refractivity contribution in [3.63, 3.8) is 0 Å². The number of likely N-dealkylation sites (N-methyl/N-ethyl adjacent to an activating group) is 1. The van der Waals surface area contributed by atoms with Crippen LogP contribution in [0.2, 0.25) is 0 Å². The quantitative estimate of drug-likeness (QED) is 0.676. The van der Waals surface area contributed by atoms with Crippen LogP contribution in [0.4, 0.5) is 0 Å². The second kappa shape index (κ2) is 4.49. The lowest BCUT2D eigenvalue weighted by atomic mass is 9.94. The number of nitrogens with zero attached hydrogens (tertiary/aromatic N) is 2. The number of carbonyl (C=O) groups is 1. The van der Waals surface area contributed by atoms with E-state index in [0.717, 1.165) is 13.1 Å². The highest BCUT2D eigenvalue weighted by molar-refractivity contribution is 5.81. The maximum absolute atomic E-state index is 12.0. The van der Waals surface area contributed by atoms with Crippen molar-refractivity contribution in [2.75, 3.05) is 33.3 Å². The molecule has 0 saturated carbocycles. The van der Waals surface area contributed by atoms with E-state index in [-0.39, 0.29) is 24.0 Å². The lowest BCUT2D eigenvalue weighted by molar-refractivity contribution is -0.142. The fraction of sp³-hybridized carbons (Fsp3) is 0.909. The van der Waals surface area contributed by atoms with Crippen LogP contribution < -0.4 is 0 Å². The maximum Gasteiger partial charge on any atom is 0.228 e. The second-order valence-corrected chi connectivity index (χ2v) is 5.32. The smallest absolute Gasteiger partial charge is 0.228 e. The molecule has 1 aliphatic rings. The summed E-state index contributed by atoms with van der Waals surface area (Å²) in [5, 5.41) is 9.18. The number of aliphatic hydroxyl groups excluding tert-OH is 1. The van der Waals surface area contributed by atoms with Crippen molar-refractivity contribution in [1.29, 1.82) is 0 Å². The number of hydrogen-bond donors (Lipinski definition) is 1. The molecule has 4 heteroatoms. The molecule has 1 N–H and O–H groups in total. The third-order valence-corrected chi connectivity index (χ3v) is 2.92. The molecule has 0 radical (unpaired) electrons. The van der Waals surface area contributed by atoms with Gasteiger partial charge in [-0.1, -0.05) is 20.8 Å². The molecule has 0 aromatic heterocycles. The Morgan fingerprint density at radius 3 is 2.47 bits per heavy atom. The molecule has 4 nitrogen and oxygen atoms in total. The van der Waals surface area contributed by atoms with Crippen molar-refractivity contribution in [3.8, 4) is 0 Å². The first-order chi connectivity index (χ1) is 6.86. The molecule has 1 fully saturated rings. The van der Waals surface area contributed by atoms with E-state index in [0.29, 0.717) is 6.54 Å². The highest BCUT2D eigenvalue weighted by atomic mass is 16.3. The Bertz CT molecular complexity index is 235. The van der Waals surface area contributed by atoms with Gasteiger partial charge in [0.25, 0.3) is 0 Å². The van der Waals surface area contributed by atoms with Crippen molar-refractivity contribution < 1.29 is 9.90 Å². The Balaban J connectivity index is 2.62. The normalized spacial score (nSPS) is 24.3. The molecule has 0 bridgehead atoms. The Hall–Kier alpha value is -0.610. The number of hydrogen-bond acceptors (Lipinski definition) is 3. The van der Waals surface area contributed by atoms with Gasteiger partial charge in [-0.05, 0) is 7.05 Å². The summed E-state index contributed by atoms with van der Waals surface area (Å²) < 4.78 is 0. The van der Waals surface area contributed by atoms with Crippen molar-refractivity contribution in [1.82, 2.24) is 9.80 Å². The topological polar surface area (TPSA) is 43.8 Å². The van der Waals surface area contributed by atoms with Crippen LogP contribution in [-0.4, -0.2) is 60.1 Å². The first-order valence-electron chi connectivity index (χ1n) is 5.46. The molecule has 0 aliphatic carbocycles. The summed E-state index contributed by atoms with van der Waals surface area (Å²) in [6, 6.07) is 0.0880. The van der Waals surface area contributed by atoms with Crippen LogP contribution in [0.25, 0.3) is 0 Å². The Morgan fingerprint density at radius 1 is 1.40 bits per heavy atom. The van der Waals surface area contributed by atoms with E-state index < -0.39 is 0 Å². The van der Waals surface area contributed by atoms with Gasteiger partial charge in [-0.2, -0.15) is 0 Å². The average molecular weight is 214 g/mol. The van der Waals surface area contributed by atoms with Crippen molar-refractivity contribution in [2.24, 2.45) is 5.41 Å². The van der Waals surface area contributed by atoms with Gasteiger partial charge in [0.05, 0.1) is 12.6 Å².